The molecule has 0 radical (unpaired) electrons. The average molecular weight is 860 g/mol. The normalized spacial score (nSPS) is 12.1. The van der Waals surface area contributed by atoms with Crippen LogP contribution in [-0.2, 0) is 0 Å². The van der Waals surface area contributed by atoms with Crippen LogP contribution in [0.2, 0.25) is 0 Å². The molecule has 368 valence electrons. The van der Waals surface area contributed by atoms with Crippen LogP contribution in [0.25, 0.3) is 0 Å². The number of hydrogen-bond acceptors (Lipinski definition) is 0. The van der Waals surface area contributed by atoms with Gasteiger partial charge in [-0.2, -0.15) is 0 Å². The highest BCUT2D eigenvalue weighted by molar-refractivity contribution is 4.63. The molecule has 1 nitrogen and oxygen atoms in total. The maximum atomic E-state index is 2.35. The minimum atomic E-state index is 1.02. The lowest BCUT2D eigenvalue weighted by Crippen LogP contribution is -2.50. The predicted molar refractivity (Wildman–Crippen MR) is 282 cm³/mol. The Morgan fingerprint density at radius 2 is 0.328 bits per heavy atom. The lowest BCUT2D eigenvalue weighted by Gasteiger charge is -2.40. The molecule has 0 fully saturated rings. The lowest BCUT2D eigenvalue weighted by atomic mass is 9.89. The van der Waals surface area contributed by atoms with E-state index in [0.29, 0.717) is 0 Å². The second kappa shape index (κ2) is 52.6. The van der Waals surface area contributed by atoms with Gasteiger partial charge in [-0.15, -0.1) is 0 Å². The summed E-state index contributed by atoms with van der Waals surface area (Å²) in [5.41, 5.74) is 0. The molecule has 0 bridgehead atoms. The Morgan fingerprint density at radius 3 is 0.508 bits per heavy atom. The van der Waals surface area contributed by atoms with Crippen molar-refractivity contribution < 1.29 is 4.48 Å². The Balaban J connectivity index is 4.94. The fourth-order valence-corrected chi connectivity index (χ4v) is 10.7. The van der Waals surface area contributed by atoms with E-state index in [9.17, 15) is 0 Å². The molecule has 0 heterocycles. The molecule has 0 atom stereocenters. The molecule has 0 unspecified atom stereocenters. The van der Waals surface area contributed by atoms with Crippen molar-refractivity contribution in [3.05, 3.63) is 0 Å². The third-order valence-corrected chi connectivity index (χ3v) is 15.1. The molecular formula is C60H124N+. The van der Waals surface area contributed by atoms with Crippen molar-refractivity contribution in [1.82, 2.24) is 0 Å². The molecule has 61 heavy (non-hydrogen) atoms. The highest BCUT2D eigenvalue weighted by atomic mass is 15.3. The van der Waals surface area contributed by atoms with Crippen molar-refractivity contribution in [3.63, 3.8) is 0 Å². The van der Waals surface area contributed by atoms with E-state index in [-0.39, 0.29) is 0 Å². The summed E-state index contributed by atoms with van der Waals surface area (Å²) in [4.78, 5) is 0. The first kappa shape index (κ1) is 61.0. The first-order valence-corrected chi connectivity index (χ1v) is 30.0. The van der Waals surface area contributed by atoms with Gasteiger partial charge in [-0.05, 0) is 57.3 Å². The smallest absolute Gasteiger partial charge is 0.0786 e. The molecule has 0 aliphatic rings. The van der Waals surface area contributed by atoms with Gasteiger partial charge < -0.3 is 4.48 Å². The maximum absolute atomic E-state index is 2.35. The Hall–Kier alpha value is -0.0400. The van der Waals surface area contributed by atoms with E-state index in [1.165, 1.54) is 352 Å². The molecular weight excluding hydrogens is 735 g/mol. The van der Waals surface area contributed by atoms with Gasteiger partial charge in [0, 0.05) is 0 Å². The van der Waals surface area contributed by atoms with Crippen LogP contribution in [0.3, 0.4) is 0 Å². The second-order valence-corrected chi connectivity index (χ2v) is 21.3. The highest BCUT2D eigenvalue weighted by Gasteiger charge is 2.26. The molecule has 0 aliphatic carbocycles. The first-order valence-electron chi connectivity index (χ1n) is 30.0. The number of quaternary nitrogens is 1. The van der Waals surface area contributed by atoms with Gasteiger partial charge in [0.2, 0.25) is 0 Å². The molecule has 1 heteroatoms. The Kier molecular flexibility index (Phi) is 52.5. The molecule has 0 spiro atoms. The molecule has 0 aliphatic heterocycles. The van der Waals surface area contributed by atoms with Crippen molar-refractivity contribution in [3.8, 4) is 0 Å². The SMILES string of the molecule is CCCCCCCCCCC(CCCCCCCCCC)CCCCCCCCC[N+](CCCCCCCCCC)(CCCCCCCCCC)CCCCCCCCCC. The van der Waals surface area contributed by atoms with E-state index in [0.717, 1.165) is 5.92 Å². The zero-order valence-corrected chi connectivity index (χ0v) is 44.2. The summed E-state index contributed by atoms with van der Waals surface area (Å²) in [6, 6.07) is 0. The van der Waals surface area contributed by atoms with Crippen molar-refractivity contribution >= 4 is 0 Å². The third-order valence-electron chi connectivity index (χ3n) is 15.1. The lowest BCUT2D eigenvalue weighted by molar-refractivity contribution is -0.929. The van der Waals surface area contributed by atoms with E-state index in [2.05, 4.69) is 34.6 Å². The molecule has 0 aromatic heterocycles. The largest absolute Gasteiger partial charge is 0.324 e. The Bertz CT molecular complexity index is 688. The van der Waals surface area contributed by atoms with Crippen LogP contribution >= 0.6 is 0 Å². The summed E-state index contributed by atoms with van der Waals surface area (Å²) in [6.07, 6.45) is 73.6. The van der Waals surface area contributed by atoms with E-state index in [1.54, 1.807) is 0 Å². The molecule has 0 aromatic carbocycles. The summed E-state index contributed by atoms with van der Waals surface area (Å²) in [7, 11) is 0. The van der Waals surface area contributed by atoms with E-state index in [4.69, 9.17) is 0 Å². The number of rotatable bonds is 55. The van der Waals surface area contributed by atoms with E-state index in [1.807, 2.05) is 0 Å². The van der Waals surface area contributed by atoms with Gasteiger partial charge in [-0.1, -0.05) is 304 Å². The Labute approximate surface area is 390 Å². The topological polar surface area (TPSA) is 0 Å². The summed E-state index contributed by atoms with van der Waals surface area (Å²) in [5, 5.41) is 0. The highest BCUT2D eigenvalue weighted by Crippen LogP contribution is 2.26. The van der Waals surface area contributed by atoms with Crippen molar-refractivity contribution in [2.45, 2.75) is 356 Å². The van der Waals surface area contributed by atoms with Gasteiger partial charge in [0.05, 0.1) is 26.2 Å². The molecule has 0 rings (SSSR count). The Morgan fingerprint density at radius 1 is 0.180 bits per heavy atom. The molecule has 0 amide bonds. The number of nitrogens with zero attached hydrogens (tertiary/aromatic N) is 1. The standard InChI is InChI=1S/C60H124N/c1-6-11-16-21-26-32-39-46-53-60(54-47-40-33-27-22-17-12-7-2)55-48-41-34-31-38-45-52-59-61(56-49-42-35-28-23-18-13-8-3,57-50-43-36-29-24-19-14-9-4)58-51-44-37-30-25-20-15-10-5/h60H,6-59H2,1-5H3/q+1. The second-order valence-electron chi connectivity index (χ2n) is 21.3. The van der Waals surface area contributed by atoms with Crippen molar-refractivity contribution in [2.75, 3.05) is 26.2 Å². The minimum absolute atomic E-state index is 1.02. The van der Waals surface area contributed by atoms with Crippen LogP contribution in [-0.4, -0.2) is 30.7 Å². The van der Waals surface area contributed by atoms with Crippen LogP contribution in [0.15, 0.2) is 0 Å². The molecule has 0 saturated heterocycles. The molecule has 0 aromatic rings. The quantitative estimate of drug-likeness (QED) is 0.0422. The van der Waals surface area contributed by atoms with E-state index < -0.39 is 0 Å². The molecule has 0 N–H and O–H groups in total. The van der Waals surface area contributed by atoms with Crippen molar-refractivity contribution in [1.29, 1.82) is 0 Å². The number of hydrogen-bond donors (Lipinski definition) is 0. The van der Waals surface area contributed by atoms with Crippen molar-refractivity contribution in [2.24, 2.45) is 5.92 Å². The predicted octanol–water partition coefficient (Wildman–Crippen LogP) is 22.0. The van der Waals surface area contributed by atoms with Gasteiger partial charge in [-0.25, -0.2) is 0 Å². The third kappa shape index (κ3) is 46.3. The van der Waals surface area contributed by atoms with Crippen LogP contribution < -0.4 is 0 Å². The van der Waals surface area contributed by atoms with E-state index >= 15 is 0 Å². The van der Waals surface area contributed by atoms with Gasteiger partial charge in [-0.3, -0.25) is 0 Å². The van der Waals surface area contributed by atoms with Gasteiger partial charge in [0.1, 0.15) is 0 Å². The minimum Gasteiger partial charge on any atom is -0.324 e. The van der Waals surface area contributed by atoms with Gasteiger partial charge >= 0.3 is 0 Å². The summed E-state index contributed by atoms with van der Waals surface area (Å²) >= 11 is 0. The zero-order chi connectivity index (χ0) is 44.3. The average Bonchev–Trinajstić information content (AvgIpc) is 3.27. The monoisotopic (exact) mass is 859 g/mol. The van der Waals surface area contributed by atoms with Gasteiger partial charge in [0.25, 0.3) is 0 Å². The molecule has 0 saturated carbocycles. The van der Waals surface area contributed by atoms with Crippen LogP contribution in [0.1, 0.15) is 356 Å². The fourth-order valence-electron chi connectivity index (χ4n) is 10.7. The van der Waals surface area contributed by atoms with Crippen LogP contribution in [0.5, 0.6) is 0 Å². The first-order chi connectivity index (χ1) is 30.2. The fraction of sp³-hybridized carbons (Fsp3) is 1.00. The number of unbranched alkanes of at least 4 members (excludes halogenated alkanes) is 41. The van der Waals surface area contributed by atoms with Gasteiger partial charge in [0.15, 0.2) is 0 Å². The van der Waals surface area contributed by atoms with Crippen LogP contribution in [0, 0.1) is 5.92 Å². The summed E-state index contributed by atoms with van der Waals surface area (Å²) in [5.74, 6) is 1.02. The summed E-state index contributed by atoms with van der Waals surface area (Å²) in [6.45, 7) is 17.7. The van der Waals surface area contributed by atoms with Crippen LogP contribution in [0.4, 0.5) is 0 Å². The summed E-state index contributed by atoms with van der Waals surface area (Å²) < 4.78 is 1.49. The zero-order valence-electron chi connectivity index (χ0n) is 44.2. The maximum Gasteiger partial charge on any atom is 0.0786 e.